The summed E-state index contributed by atoms with van der Waals surface area (Å²) in [5.41, 5.74) is 0.848. The zero-order valence-corrected chi connectivity index (χ0v) is 19.4. The van der Waals surface area contributed by atoms with Crippen molar-refractivity contribution in [2.45, 2.75) is 57.9 Å². The number of nitrogens with one attached hydrogen (secondary N) is 1. The Bertz CT molecular complexity index is 1200. The number of carbonyl (C=O) groups excluding carboxylic acids is 2. The van der Waals surface area contributed by atoms with Gasteiger partial charge >= 0.3 is 18.1 Å². The molecule has 13 heteroatoms. The Morgan fingerprint density at radius 1 is 1.27 bits per heavy atom. The van der Waals surface area contributed by atoms with Crippen LogP contribution in [0.4, 0.5) is 18.9 Å². The fourth-order valence-corrected chi connectivity index (χ4v) is 4.65. The summed E-state index contributed by atoms with van der Waals surface area (Å²) < 4.78 is 43.4. The normalized spacial score (nSPS) is 20.4. The zero-order valence-electron chi connectivity index (χ0n) is 17.8. The van der Waals surface area contributed by atoms with Crippen molar-refractivity contribution < 1.29 is 27.5 Å². The van der Waals surface area contributed by atoms with Gasteiger partial charge in [0.05, 0.1) is 5.69 Å². The van der Waals surface area contributed by atoms with Crippen molar-refractivity contribution in [1.82, 2.24) is 19.9 Å². The molecule has 2 aromatic heterocycles. The molecular weight excluding hydrogens is 511 g/mol. The molecule has 0 bridgehead atoms. The molecule has 0 unspecified atom stereocenters. The number of fused-ring (bicyclic) bond motifs is 2. The van der Waals surface area contributed by atoms with Crippen LogP contribution >= 0.6 is 15.9 Å². The molecule has 0 amide bonds. The van der Waals surface area contributed by atoms with Crippen LogP contribution in [0.15, 0.2) is 9.40 Å². The maximum absolute atomic E-state index is 13.6. The Kier molecular flexibility index (Phi) is 6.20. The summed E-state index contributed by atoms with van der Waals surface area (Å²) in [5, 5.41) is 3.41. The van der Waals surface area contributed by atoms with Crippen LogP contribution in [0.25, 0.3) is 11.2 Å². The van der Waals surface area contributed by atoms with Crippen LogP contribution in [0.3, 0.4) is 0 Å². The summed E-state index contributed by atoms with van der Waals surface area (Å²) in [7, 11) is 0. The molecule has 1 N–H and O–H groups in total. The number of aryl methyl sites for hydroxylation is 1. The lowest BCUT2D eigenvalue weighted by atomic mass is 9.83. The number of esters is 2. The van der Waals surface area contributed by atoms with E-state index in [1.807, 2.05) is 4.90 Å². The highest BCUT2D eigenvalue weighted by atomic mass is 79.9. The molecule has 2 aromatic rings. The molecule has 1 saturated carbocycles. The molecule has 0 spiro atoms. The van der Waals surface area contributed by atoms with Gasteiger partial charge < -0.3 is 19.5 Å². The van der Waals surface area contributed by atoms with Crippen LogP contribution in [-0.4, -0.2) is 57.8 Å². The van der Waals surface area contributed by atoms with E-state index in [4.69, 9.17) is 0 Å². The largest absolute Gasteiger partial charge is 0.491 e. The van der Waals surface area contributed by atoms with E-state index < -0.39 is 24.7 Å². The Labute approximate surface area is 194 Å². The van der Waals surface area contributed by atoms with E-state index in [2.05, 4.69) is 36.0 Å². The molecule has 178 valence electrons. The number of pyridine rings is 1. The molecular formula is C20H21BrF3N5O4. The lowest BCUT2D eigenvalue weighted by Crippen LogP contribution is -2.64. The number of anilines is 1. The summed E-state index contributed by atoms with van der Waals surface area (Å²) in [6.45, 7) is 3.88. The first-order chi connectivity index (χ1) is 15.5. The summed E-state index contributed by atoms with van der Waals surface area (Å²) in [4.78, 5) is 47.7. The van der Waals surface area contributed by atoms with Crippen LogP contribution in [0.5, 0.6) is 0 Å². The number of hydrogen-bond acceptors (Lipinski definition) is 8. The fraction of sp³-hybridized carbons (Fsp3) is 0.550. The van der Waals surface area contributed by atoms with Gasteiger partial charge in [0.25, 0.3) is 0 Å². The third kappa shape index (κ3) is 4.23. The van der Waals surface area contributed by atoms with Crippen LogP contribution < -0.4 is 15.6 Å². The molecule has 1 aliphatic heterocycles. The standard InChI is InChI=1S/C20H21BrF3N5O4/c1-3-11-15(28-7-6-25-10-4-5-12(10)28)16(31)14-18(26-9(2)17(21)27-14)29(11)8-13(30)33-19(32)20(22,23)24/h10,12,25H,3-8H2,1-2H3/t10-,12-/m0/s1. The number of rotatable bonds is 4. The number of piperazine rings is 1. The molecule has 0 radical (unpaired) electrons. The van der Waals surface area contributed by atoms with Gasteiger partial charge in [-0.3, -0.25) is 4.79 Å². The monoisotopic (exact) mass is 531 g/mol. The molecule has 1 aliphatic carbocycles. The molecule has 2 aliphatic rings. The minimum absolute atomic E-state index is 0.0240. The predicted molar refractivity (Wildman–Crippen MR) is 115 cm³/mol. The second-order valence-corrected chi connectivity index (χ2v) is 8.75. The first-order valence-corrected chi connectivity index (χ1v) is 11.2. The average Bonchev–Trinajstić information content (AvgIpc) is 2.71. The molecule has 2 atom stereocenters. The third-order valence-electron chi connectivity index (χ3n) is 6.02. The summed E-state index contributed by atoms with van der Waals surface area (Å²) in [5.74, 6) is -4.01. The highest BCUT2D eigenvalue weighted by Crippen LogP contribution is 2.34. The van der Waals surface area contributed by atoms with Gasteiger partial charge in [0.1, 0.15) is 16.8 Å². The maximum atomic E-state index is 13.6. The molecule has 33 heavy (non-hydrogen) atoms. The molecule has 9 nitrogen and oxygen atoms in total. The van der Waals surface area contributed by atoms with Gasteiger partial charge in [-0.15, -0.1) is 0 Å². The van der Waals surface area contributed by atoms with Crippen molar-refractivity contribution >= 4 is 44.7 Å². The van der Waals surface area contributed by atoms with Crippen LogP contribution in [0.1, 0.15) is 31.2 Å². The highest BCUT2D eigenvalue weighted by molar-refractivity contribution is 9.10. The molecule has 3 heterocycles. The quantitative estimate of drug-likeness (QED) is 0.471. The van der Waals surface area contributed by atoms with Gasteiger partial charge in [-0.05, 0) is 42.1 Å². The fourth-order valence-electron chi connectivity index (χ4n) is 4.38. The van der Waals surface area contributed by atoms with Gasteiger partial charge in [0, 0.05) is 30.9 Å². The van der Waals surface area contributed by atoms with Gasteiger partial charge in [0.15, 0.2) is 11.2 Å². The minimum atomic E-state index is -5.30. The number of carbonyl (C=O) groups is 2. The second kappa shape index (κ2) is 8.67. The summed E-state index contributed by atoms with van der Waals surface area (Å²) in [6, 6.07) is 0.320. The van der Waals surface area contributed by atoms with Gasteiger partial charge in [0.2, 0.25) is 5.43 Å². The Morgan fingerprint density at radius 2 is 2.00 bits per heavy atom. The molecule has 0 aromatic carbocycles. The van der Waals surface area contributed by atoms with Crippen molar-refractivity contribution in [1.29, 1.82) is 0 Å². The van der Waals surface area contributed by atoms with E-state index in [0.29, 0.717) is 41.2 Å². The van der Waals surface area contributed by atoms with Crippen molar-refractivity contribution in [2.75, 3.05) is 18.0 Å². The Balaban J connectivity index is 1.87. The van der Waals surface area contributed by atoms with Crippen molar-refractivity contribution in [3.05, 3.63) is 26.2 Å². The van der Waals surface area contributed by atoms with E-state index in [0.717, 1.165) is 12.8 Å². The van der Waals surface area contributed by atoms with Crippen LogP contribution in [0, 0.1) is 6.92 Å². The third-order valence-corrected chi connectivity index (χ3v) is 6.77. The minimum Gasteiger partial charge on any atom is -0.385 e. The summed E-state index contributed by atoms with van der Waals surface area (Å²) >= 11 is 3.26. The SMILES string of the molecule is CCc1c(N2CCN[C@H]3CC[C@@H]32)c(=O)c2nc(Br)c(C)nc2n1CC(=O)OC(=O)C(F)(F)F. The zero-order chi connectivity index (χ0) is 24.1. The van der Waals surface area contributed by atoms with E-state index in [9.17, 15) is 27.6 Å². The summed E-state index contributed by atoms with van der Waals surface area (Å²) in [6.07, 6.45) is -3.16. The maximum Gasteiger partial charge on any atom is 0.491 e. The second-order valence-electron chi connectivity index (χ2n) is 7.99. The van der Waals surface area contributed by atoms with Gasteiger partial charge in [-0.2, -0.15) is 13.2 Å². The van der Waals surface area contributed by atoms with Crippen molar-refractivity contribution in [3.63, 3.8) is 0 Å². The number of nitrogens with zero attached hydrogens (tertiary/aromatic N) is 4. The van der Waals surface area contributed by atoms with E-state index in [1.54, 1.807) is 13.8 Å². The number of aromatic nitrogens is 3. The number of hydrogen-bond donors (Lipinski definition) is 1. The van der Waals surface area contributed by atoms with E-state index in [-0.39, 0.29) is 28.7 Å². The lowest BCUT2D eigenvalue weighted by Gasteiger charge is -2.50. The Morgan fingerprint density at radius 3 is 2.61 bits per heavy atom. The first kappa shape index (κ1) is 23.6. The number of halogens is 4. The average molecular weight is 532 g/mol. The number of ether oxygens (including phenoxy) is 1. The molecule has 1 saturated heterocycles. The first-order valence-electron chi connectivity index (χ1n) is 10.4. The van der Waals surface area contributed by atoms with Crippen LogP contribution in [-0.2, 0) is 27.3 Å². The number of alkyl halides is 3. The predicted octanol–water partition coefficient (Wildman–Crippen LogP) is 2.00. The van der Waals surface area contributed by atoms with Gasteiger partial charge in [-0.25, -0.2) is 19.6 Å². The highest BCUT2D eigenvalue weighted by Gasteiger charge is 2.43. The smallest absolute Gasteiger partial charge is 0.385 e. The van der Waals surface area contributed by atoms with Gasteiger partial charge in [-0.1, -0.05) is 6.92 Å². The van der Waals surface area contributed by atoms with Crippen molar-refractivity contribution in [3.8, 4) is 0 Å². The molecule has 4 rings (SSSR count). The van der Waals surface area contributed by atoms with Crippen LogP contribution in [0.2, 0.25) is 0 Å². The molecule has 2 fully saturated rings. The lowest BCUT2D eigenvalue weighted by molar-refractivity contribution is -0.202. The topological polar surface area (TPSA) is 106 Å². The Hall–Kier alpha value is -2.54. The van der Waals surface area contributed by atoms with Crippen molar-refractivity contribution in [2.24, 2.45) is 0 Å². The van der Waals surface area contributed by atoms with E-state index >= 15 is 0 Å². The van der Waals surface area contributed by atoms with E-state index in [1.165, 1.54) is 4.57 Å².